The van der Waals surface area contributed by atoms with Gasteiger partial charge in [-0.1, -0.05) is 6.92 Å². The van der Waals surface area contributed by atoms with Crippen LogP contribution < -0.4 is 5.73 Å². The Labute approximate surface area is 104 Å². The highest BCUT2D eigenvalue weighted by atomic mass is 35.5. The maximum Gasteiger partial charge on any atom is 0.239 e. The zero-order valence-electron chi connectivity index (χ0n) is 10.1. The first-order valence-corrected chi connectivity index (χ1v) is 5.72. The second-order valence-corrected chi connectivity index (χ2v) is 4.24. The molecule has 0 aliphatic carbocycles. The number of halogens is 1. The molecule has 0 spiro atoms. The van der Waals surface area contributed by atoms with Crippen LogP contribution in [0.4, 0.5) is 0 Å². The lowest BCUT2D eigenvalue weighted by atomic mass is 9.97. The van der Waals surface area contributed by atoms with Crippen LogP contribution in [0.1, 0.15) is 26.2 Å². The molecule has 1 fully saturated rings. The minimum absolute atomic E-state index is 0. The first-order valence-electron chi connectivity index (χ1n) is 5.72. The molecule has 0 aromatic carbocycles. The third-order valence-corrected chi connectivity index (χ3v) is 3.09. The summed E-state index contributed by atoms with van der Waals surface area (Å²) in [7, 11) is 1.73. The molecular weight excluding hydrogens is 228 g/mol. The van der Waals surface area contributed by atoms with E-state index >= 15 is 0 Å². The fourth-order valence-corrected chi connectivity index (χ4v) is 1.96. The lowest BCUT2D eigenvalue weighted by molar-refractivity contribution is -0.134. The van der Waals surface area contributed by atoms with E-state index in [1.807, 2.05) is 11.8 Å². The summed E-state index contributed by atoms with van der Waals surface area (Å²) in [5.74, 6) is 0.713. The average molecular weight is 251 g/mol. The standard InChI is InChI=1S/C11H22N2O2.ClH/c1-3-10(12)11(14)13-6-4-9(5-7-13)8-15-2;/h9-10H,3-8,12H2,1-2H3;1H/t10-;/m0./s1. The number of piperidine rings is 1. The van der Waals surface area contributed by atoms with Crippen molar-refractivity contribution in [1.29, 1.82) is 0 Å². The van der Waals surface area contributed by atoms with E-state index in [-0.39, 0.29) is 24.4 Å². The second kappa shape index (κ2) is 7.87. The normalized spacial score (nSPS) is 19.1. The number of rotatable bonds is 4. The van der Waals surface area contributed by atoms with Crippen LogP contribution in [0.25, 0.3) is 0 Å². The molecule has 0 saturated carbocycles. The molecular formula is C11H23ClN2O2. The third-order valence-electron chi connectivity index (χ3n) is 3.09. The zero-order valence-corrected chi connectivity index (χ0v) is 11.0. The maximum atomic E-state index is 11.8. The van der Waals surface area contributed by atoms with Crippen molar-refractivity contribution in [3.8, 4) is 0 Å². The van der Waals surface area contributed by atoms with Crippen LogP contribution >= 0.6 is 12.4 Å². The van der Waals surface area contributed by atoms with Gasteiger partial charge in [0.15, 0.2) is 0 Å². The number of nitrogens with zero attached hydrogens (tertiary/aromatic N) is 1. The van der Waals surface area contributed by atoms with Gasteiger partial charge in [0, 0.05) is 26.8 Å². The molecule has 0 unspecified atom stereocenters. The maximum absolute atomic E-state index is 11.8. The van der Waals surface area contributed by atoms with Crippen molar-refractivity contribution in [1.82, 2.24) is 4.90 Å². The van der Waals surface area contributed by atoms with Gasteiger partial charge in [0.1, 0.15) is 0 Å². The summed E-state index contributed by atoms with van der Waals surface area (Å²) in [4.78, 5) is 13.7. The average Bonchev–Trinajstić information content (AvgIpc) is 2.28. The number of nitrogens with two attached hydrogens (primary N) is 1. The van der Waals surface area contributed by atoms with Crippen molar-refractivity contribution < 1.29 is 9.53 Å². The first kappa shape index (κ1) is 15.7. The number of hydrogen-bond acceptors (Lipinski definition) is 3. The molecule has 4 nitrogen and oxygen atoms in total. The molecule has 0 aromatic rings. The van der Waals surface area contributed by atoms with Gasteiger partial charge in [-0.05, 0) is 25.2 Å². The van der Waals surface area contributed by atoms with Crippen molar-refractivity contribution in [2.75, 3.05) is 26.8 Å². The SMILES string of the molecule is CC[C@H](N)C(=O)N1CCC(COC)CC1.Cl. The van der Waals surface area contributed by atoms with E-state index < -0.39 is 0 Å². The van der Waals surface area contributed by atoms with Crippen LogP contribution in [0.5, 0.6) is 0 Å². The van der Waals surface area contributed by atoms with Gasteiger partial charge in [-0.15, -0.1) is 12.4 Å². The van der Waals surface area contributed by atoms with E-state index in [0.717, 1.165) is 39.0 Å². The Kier molecular flexibility index (Phi) is 7.72. The van der Waals surface area contributed by atoms with E-state index in [1.54, 1.807) is 7.11 Å². The summed E-state index contributed by atoms with van der Waals surface area (Å²) in [6, 6.07) is -0.316. The van der Waals surface area contributed by atoms with Gasteiger partial charge in [-0.2, -0.15) is 0 Å². The summed E-state index contributed by atoms with van der Waals surface area (Å²) in [6.45, 7) is 4.42. The van der Waals surface area contributed by atoms with Crippen molar-refractivity contribution in [2.45, 2.75) is 32.2 Å². The van der Waals surface area contributed by atoms with Gasteiger partial charge in [-0.25, -0.2) is 0 Å². The van der Waals surface area contributed by atoms with Crippen LogP contribution in [-0.4, -0.2) is 43.7 Å². The van der Waals surface area contributed by atoms with Gasteiger partial charge in [0.05, 0.1) is 6.04 Å². The molecule has 1 saturated heterocycles. The molecule has 1 heterocycles. The Hall–Kier alpha value is -0.320. The smallest absolute Gasteiger partial charge is 0.239 e. The van der Waals surface area contributed by atoms with Crippen molar-refractivity contribution in [3.05, 3.63) is 0 Å². The number of hydrogen-bond donors (Lipinski definition) is 1. The van der Waals surface area contributed by atoms with E-state index in [0.29, 0.717) is 5.92 Å². The highest BCUT2D eigenvalue weighted by Crippen LogP contribution is 2.17. The minimum Gasteiger partial charge on any atom is -0.384 e. The Morgan fingerprint density at radius 1 is 1.50 bits per heavy atom. The fourth-order valence-electron chi connectivity index (χ4n) is 1.96. The van der Waals surface area contributed by atoms with Crippen LogP contribution in [0, 0.1) is 5.92 Å². The monoisotopic (exact) mass is 250 g/mol. The van der Waals surface area contributed by atoms with E-state index in [2.05, 4.69) is 0 Å². The van der Waals surface area contributed by atoms with Gasteiger partial charge < -0.3 is 15.4 Å². The molecule has 1 atom stereocenters. The summed E-state index contributed by atoms with van der Waals surface area (Å²) < 4.78 is 5.12. The molecule has 16 heavy (non-hydrogen) atoms. The minimum atomic E-state index is -0.316. The summed E-state index contributed by atoms with van der Waals surface area (Å²) in [6.07, 6.45) is 2.79. The number of carbonyl (C=O) groups excluding carboxylic acids is 1. The second-order valence-electron chi connectivity index (χ2n) is 4.24. The number of methoxy groups -OCH3 is 1. The Morgan fingerprint density at radius 2 is 2.06 bits per heavy atom. The Bertz CT molecular complexity index is 206. The first-order chi connectivity index (χ1) is 7.19. The lowest BCUT2D eigenvalue weighted by Crippen LogP contribution is -2.47. The molecule has 5 heteroatoms. The summed E-state index contributed by atoms with van der Waals surface area (Å²) in [5.41, 5.74) is 5.72. The summed E-state index contributed by atoms with van der Waals surface area (Å²) >= 11 is 0. The fraction of sp³-hybridized carbons (Fsp3) is 0.909. The number of likely N-dealkylation sites (tertiary alicyclic amines) is 1. The molecule has 96 valence electrons. The zero-order chi connectivity index (χ0) is 11.3. The Morgan fingerprint density at radius 3 is 2.50 bits per heavy atom. The van der Waals surface area contributed by atoms with Gasteiger partial charge >= 0.3 is 0 Å². The predicted octanol–water partition coefficient (Wildman–Crippen LogP) is 1.03. The van der Waals surface area contributed by atoms with Crippen molar-refractivity contribution >= 4 is 18.3 Å². The largest absolute Gasteiger partial charge is 0.384 e. The van der Waals surface area contributed by atoms with Gasteiger partial charge in [0.2, 0.25) is 5.91 Å². The highest BCUT2D eigenvalue weighted by Gasteiger charge is 2.25. The molecule has 0 aromatic heterocycles. The molecule has 0 radical (unpaired) electrons. The molecule has 1 aliphatic rings. The molecule has 0 bridgehead atoms. The van der Waals surface area contributed by atoms with Crippen LogP contribution in [0.15, 0.2) is 0 Å². The molecule has 1 amide bonds. The quantitative estimate of drug-likeness (QED) is 0.811. The van der Waals surface area contributed by atoms with Crippen LogP contribution in [0.3, 0.4) is 0 Å². The van der Waals surface area contributed by atoms with E-state index in [4.69, 9.17) is 10.5 Å². The molecule has 1 aliphatic heterocycles. The Balaban J connectivity index is 0.00000225. The lowest BCUT2D eigenvalue weighted by Gasteiger charge is -2.33. The number of carbonyl (C=O) groups is 1. The highest BCUT2D eigenvalue weighted by molar-refractivity contribution is 5.85. The summed E-state index contributed by atoms with van der Waals surface area (Å²) in [5, 5.41) is 0. The number of ether oxygens (including phenoxy) is 1. The van der Waals surface area contributed by atoms with Crippen molar-refractivity contribution in [2.24, 2.45) is 11.7 Å². The van der Waals surface area contributed by atoms with E-state index in [9.17, 15) is 4.79 Å². The van der Waals surface area contributed by atoms with Crippen LogP contribution in [-0.2, 0) is 9.53 Å². The van der Waals surface area contributed by atoms with E-state index in [1.165, 1.54) is 0 Å². The predicted molar refractivity (Wildman–Crippen MR) is 66.7 cm³/mol. The van der Waals surface area contributed by atoms with Gasteiger partial charge in [-0.3, -0.25) is 4.79 Å². The third kappa shape index (κ3) is 4.28. The topological polar surface area (TPSA) is 55.6 Å². The molecule has 2 N–H and O–H groups in total. The number of amides is 1. The molecule has 1 rings (SSSR count). The van der Waals surface area contributed by atoms with Gasteiger partial charge in [0.25, 0.3) is 0 Å². The van der Waals surface area contributed by atoms with Crippen molar-refractivity contribution in [3.63, 3.8) is 0 Å². The van der Waals surface area contributed by atoms with Crippen LogP contribution in [0.2, 0.25) is 0 Å².